The molecule has 0 bridgehead atoms. The van der Waals surface area contributed by atoms with Crippen molar-refractivity contribution in [3.05, 3.63) is 88.5 Å². The largest absolute Gasteiger partial charge is 0.508 e. The maximum atomic E-state index is 9.83. The summed E-state index contributed by atoms with van der Waals surface area (Å²) in [5.74, 6) is 1.34. The van der Waals surface area contributed by atoms with Gasteiger partial charge in [0.05, 0.1) is 6.61 Å². The normalized spacial score (nSPS) is 18.8. The topological polar surface area (TPSA) is 55.5 Å². The highest BCUT2D eigenvalue weighted by molar-refractivity contribution is 5.52. The lowest BCUT2D eigenvalue weighted by molar-refractivity contribution is 0.247. The number of phenols is 1. The van der Waals surface area contributed by atoms with Crippen molar-refractivity contribution in [3.63, 3.8) is 0 Å². The smallest absolute Gasteiger partial charge is 0.126 e. The zero-order chi connectivity index (χ0) is 18.3. The van der Waals surface area contributed by atoms with Crippen LogP contribution in [0, 0.1) is 13.8 Å². The summed E-state index contributed by atoms with van der Waals surface area (Å²) in [5.41, 5.74) is 12.8. The maximum absolute atomic E-state index is 9.83. The van der Waals surface area contributed by atoms with E-state index in [1.54, 1.807) is 12.1 Å². The van der Waals surface area contributed by atoms with Gasteiger partial charge in [-0.1, -0.05) is 36.4 Å². The molecule has 0 saturated carbocycles. The highest BCUT2D eigenvalue weighted by Crippen LogP contribution is 2.47. The van der Waals surface area contributed by atoms with E-state index in [0.29, 0.717) is 6.61 Å². The summed E-state index contributed by atoms with van der Waals surface area (Å²) in [6.45, 7) is 4.85. The van der Waals surface area contributed by atoms with Crippen molar-refractivity contribution < 1.29 is 9.84 Å². The highest BCUT2D eigenvalue weighted by Gasteiger charge is 2.33. The third-order valence-corrected chi connectivity index (χ3v) is 5.41. The Kier molecular flexibility index (Phi) is 4.08. The van der Waals surface area contributed by atoms with E-state index in [1.807, 2.05) is 18.2 Å². The SMILES string of the molecule is Cc1ccc(C2COc3cc(O)ccc3C2c2ccc(N)cc2)cc1C. The Hall–Kier alpha value is -2.94. The second-order valence-electron chi connectivity index (χ2n) is 7.13. The van der Waals surface area contributed by atoms with Gasteiger partial charge in [-0.15, -0.1) is 0 Å². The lowest BCUT2D eigenvalue weighted by Crippen LogP contribution is -2.25. The molecule has 0 fully saturated rings. The molecule has 3 N–H and O–H groups in total. The van der Waals surface area contributed by atoms with Crippen LogP contribution in [0.15, 0.2) is 60.7 Å². The molecule has 3 heteroatoms. The van der Waals surface area contributed by atoms with E-state index in [1.165, 1.54) is 22.3 Å². The van der Waals surface area contributed by atoms with Crippen LogP contribution in [0.3, 0.4) is 0 Å². The molecule has 3 nitrogen and oxygen atoms in total. The summed E-state index contributed by atoms with van der Waals surface area (Å²) in [4.78, 5) is 0. The molecule has 0 aromatic heterocycles. The molecule has 1 heterocycles. The molecular formula is C23H23NO2. The van der Waals surface area contributed by atoms with Crippen LogP contribution in [-0.2, 0) is 0 Å². The number of benzene rings is 3. The number of ether oxygens (including phenoxy) is 1. The minimum absolute atomic E-state index is 0.155. The molecule has 0 saturated heterocycles. The summed E-state index contributed by atoms with van der Waals surface area (Å²) in [5, 5.41) is 9.83. The molecule has 3 aromatic carbocycles. The minimum Gasteiger partial charge on any atom is -0.508 e. The van der Waals surface area contributed by atoms with Gasteiger partial charge in [0.25, 0.3) is 0 Å². The van der Waals surface area contributed by atoms with Crippen LogP contribution < -0.4 is 10.5 Å². The first-order valence-corrected chi connectivity index (χ1v) is 8.91. The first kappa shape index (κ1) is 16.5. The quantitative estimate of drug-likeness (QED) is 0.650. The third-order valence-electron chi connectivity index (χ3n) is 5.41. The average Bonchev–Trinajstić information content (AvgIpc) is 2.64. The van der Waals surface area contributed by atoms with Gasteiger partial charge in [-0.2, -0.15) is 0 Å². The van der Waals surface area contributed by atoms with Crippen LogP contribution in [-0.4, -0.2) is 11.7 Å². The Bertz CT molecular complexity index is 947. The van der Waals surface area contributed by atoms with Crippen LogP contribution in [0.25, 0.3) is 0 Å². The number of anilines is 1. The van der Waals surface area contributed by atoms with E-state index >= 15 is 0 Å². The first-order valence-electron chi connectivity index (χ1n) is 8.91. The number of phenolic OH excluding ortho intramolecular Hbond substituents is 1. The van der Waals surface area contributed by atoms with Gasteiger partial charge < -0.3 is 15.6 Å². The number of hydrogen-bond acceptors (Lipinski definition) is 3. The molecule has 26 heavy (non-hydrogen) atoms. The Labute approximate surface area is 154 Å². The van der Waals surface area contributed by atoms with Gasteiger partial charge in [0.2, 0.25) is 0 Å². The molecule has 2 unspecified atom stereocenters. The summed E-state index contributed by atoms with van der Waals surface area (Å²) >= 11 is 0. The van der Waals surface area contributed by atoms with E-state index in [-0.39, 0.29) is 17.6 Å². The lowest BCUT2D eigenvalue weighted by Gasteiger charge is -2.35. The van der Waals surface area contributed by atoms with E-state index in [9.17, 15) is 5.11 Å². The zero-order valence-electron chi connectivity index (χ0n) is 15.1. The number of aromatic hydroxyl groups is 1. The van der Waals surface area contributed by atoms with Crippen molar-refractivity contribution in [2.24, 2.45) is 0 Å². The summed E-state index contributed by atoms with van der Waals surface area (Å²) in [6.07, 6.45) is 0. The Morgan fingerprint density at radius 3 is 2.35 bits per heavy atom. The number of nitrogens with two attached hydrogens (primary N) is 1. The molecular weight excluding hydrogens is 322 g/mol. The second-order valence-corrected chi connectivity index (χ2v) is 7.13. The number of hydrogen-bond donors (Lipinski definition) is 2. The van der Waals surface area contributed by atoms with Gasteiger partial charge in [0.1, 0.15) is 11.5 Å². The zero-order valence-corrected chi connectivity index (χ0v) is 15.1. The number of fused-ring (bicyclic) bond motifs is 1. The maximum Gasteiger partial charge on any atom is 0.126 e. The summed E-state index contributed by atoms with van der Waals surface area (Å²) in [7, 11) is 0. The third kappa shape index (κ3) is 2.90. The van der Waals surface area contributed by atoms with Gasteiger partial charge in [0.15, 0.2) is 0 Å². The van der Waals surface area contributed by atoms with E-state index in [0.717, 1.165) is 17.0 Å². The van der Waals surface area contributed by atoms with Gasteiger partial charge in [-0.05, 0) is 54.3 Å². The number of rotatable bonds is 2. The fourth-order valence-corrected chi connectivity index (χ4v) is 3.80. The molecule has 132 valence electrons. The van der Waals surface area contributed by atoms with Crippen molar-refractivity contribution in [2.45, 2.75) is 25.7 Å². The fourth-order valence-electron chi connectivity index (χ4n) is 3.80. The average molecular weight is 345 g/mol. The monoisotopic (exact) mass is 345 g/mol. The van der Waals surface area contributed by atoms with Gasteiger partial charge >= 0.3 is 0 Å². The van der Waals surface area contributed by atoms with Crippen molar-refractivity contribution in [1.82, 2.24) is 0 Å². The van der Waals surface area contributed by atoms with Gasteiger partial charge in [-0.3, -0.25) is 0 Å². The molecule has 1 aliphatic rings. The van der Waals surface area contributed by atoms with E-state index in [2.05, 4.69) is 44.2 Å². The molecule has 2 atom stereocenters. The molecule has 3 aromatic rings. The molecule has 1 aliphatic heterocycles. The van der Waals surface area contributed by atoms with Crippen molar-refractivity contribution in [2.75, 3.05) is 12.3 Å². The van der Waals surface area contributed by atoms with Crippen LogP contribution in [0.5, 0.6) is 11.5 Å². The Morgan fingerprint density at radius 1 is 0.885 bits per heavy atom. The van der Waals surface area contributed by atoms with Crippen LogP contribution >= 0.6 is 0 Å². The second kappa shape index (κ2) is 6.41. The van der Waals surface area contributed by atoms with Gasteiger partial charge in [-0.25, -0.2) is 0 Å². The van der Waals surface area contributed by atoms with Gasteiger partial charge in [0, 0.05) is 29.2 Å². The Balaban J connectivity index is 1.86. The lowest BCUT2D eigenvalue weighted by atomic mass is 9.75. The standard InChI is InChI=1S/C23H23NO2/c1-14-3-4-17(11-15(14)2)21-13-26-22-12-19(25)9-10-20(22)23(21)16-5-7-18(24)8-6-16/h3-12,21,23,25H,13,24H2,1-2H3. The first-order chi connectivity index (χ1) is 12.5. The van der Waals surface area contributed by atoms with E-state index < -0.39 is 0 Å². The van der Waals surface area contributed by atoms with Crippen molar-refractivity contribution in [3.8, 4) is 11.5 Å². The van der Waals surface area contributed by atoms with Crippen molar-refractivity contribution in [1.29, 1.82) is 0 Å². The molecule has 0 aliphatic carbocycles. The van der Waals surface area contributed by atoms with Crippen LogP contribution in [0.2, 0.25) is 0 Å². The minimum atomic E-state index is 0.155. The summed E-state index contributed by atoms with van der Waals surface area (Å²) in [6, 6.07) is 20.1. The molecule has 0 spiro atoms. The number of nitrogen functional groups attached to an aromatic ring is 1. The predicted molar refractivity (Wildman–Crippen MR) is 105 cm³/mol. The highest BCUT2D eigenvalue weighted by atomic mass is 16.5. The summed E-state index contributed by atoms with van der Waals surface area (Å²) < 4.78 is 6.03. The van der Waals surface area contributed by atoms with Crippen molar-refractivity contribution >= 4 is 5.69 Å². The van der Waals surface area contributed by atoms with E-state index in [4.69, 9.17) is 10.5 Å². The molecule has 0 amide bonds. The molecule has 0 radical (unpaired) electrons. The fraction of sp³-hybridized carbons (Fsp3) is 0.217. The predicted octanol–water partition coefficient (Wildman–Crippen LogP) is 4.90. The molecule has 4 rings (SSSR count). The van der Waals surface area contributed by atoms with Crippen LogP contribution in [0.4, 0.5) is 5.69 Å². The number of aryl methyl sites for hydroxylation is 2. The van der Waals surface area contributed by atoms with Crippen LogP contribution in [0.1, 0.15) is 39.7 Å². The Morgan fingerprint density at radius 2 is 1.62 bits per heavy atom.